The van der Waals surface area contributed by atoms with Gasteiger partial charge in [-0.1, -0.05) is 191 Å². The fourth-order valence-corrected chi connectivity index (χ4v) is 15.1. The quantitative estimate of drug-likeness (QED) is 0.154. The van der Waals surface area contributed by atoms with Gasteiger partial charge >= 0.3 is 0 Å². The lowest BCUT2D eigenvalue weighted by Crippen LogP contribution is -2.12. The van der Waals surface area contributed by atoms with Crippen LogP contribution in [0.15, 0.2) is 158 Å². The van der Waals surface area contributed by atoms with Crippen molar-refractivity contribution in [3.8, 4) is 44.5 Å². The van der Waals surface area contributed by atoms with Crippen LogP contribution < -0.4 is 0 Å². The maximum absolute atomic E-state index is 2.60. The van der Waals surface area contributed by atoms with Gasteiger partial charge in [-0.2, -0.15) is 0 Å². The van der Waals surface area contributed by atoms with Gasteiger partial charge in [0.1, 0.15) is 0 Å². The Morgan fingerprint density at radius 1 is 0.214 bits per heavy atom. The molecule has 0 radical (unpaired) electrons. The van der Waals surface area contributed by atoms with Crippen LogP contribution in [0.1, 0.15) is 139 Å². The van der Waals surface area contributed by atoms with Gasteiger partial charge < -0.3 is 0 Å². The van der Waals surface area contributed by atoms with Gasteiger partial charge in [-0.15, -0.1) is 0 Å². The third kappa shape index (κ3) is 8.44. The molecule has 416 valence electrons. The lowest BCUT2D eigenvalue weighted by atomic mass is 9.81. The second-order valence-electron chi connectivity index (χ2n) is 29.8. The maximum atomic E-state index is 2.60. The van der Waals surface area contributed by atoms with Gasteiger partial charge in [-0.05, 0) is 310 Å². The molecular weight excluding hydrogens is 1010 g/mol. The van der Waals surface area contributed by atoms with Gasteiger partial charge in [0.25, 0.3) is 0 Å². The molecule has 0 N–H and O–H groups in total. The molecule has 84 heavy (non-hydrogen) atoms. The summed E-state index contributed by atoms with van der Waals surface area (Å²) in [5.74, 6) is 0. The largest absolute Gasteiger partial charge is 0.0579 e. The Morgan fingerprint density at radius 2 is 0.512 bits per heavy atom. The van der Waals surface area contributed by atoms with Crippen molar-refractivity contribution in [2.45, 2.75) is 146 Å². The Bertz CT molecular complexity index is 4770. The van der Waals surface area contributed by atoms with Gasteiger partial charge in [0.15, 0.2) is 0 Å². The molecule has 0 aliphatic rings. The van der Waals surface area contributed by atoms with E-state index in [0.29, 0.717) is 0 Å². The first kappa shape index (κ1) is 53.9. The molecule has 0 nitrogen and oxygen atoms in total. The van der Waals surface area contributed by atoms with Crippen molar-refractivity contribution >= 4 is 97.0 Å². The summed E-state index contributed by atoms with van der Waals surface area (Å²) >= 11 is 0. The molecule has 0 amide bonds. The normalized spacial score (nSPS) is 13.1. The molecule has 0 unspecified atom stereocenters. The standard InChI is InChI=1S/C84H80/c1-45-27-47(3)77(48(4)28-45)55-35-71-61-25-21-53(65-41-59(83(13,14)15)31-51-19-23-57(39-63(51)65)81(7,8)9)33-67(61)75-44-70-69(73(37-55)79(71)75)43-76-68-34-54(66-42-60(84(16,17)18)32-52-20-24-58(40-64(52)66)82(10,11)12)22-26-62(68)72-36-56(38-74(70)80(72)76)78-49(5)29-46(2)30-50(78)6/h19-44H,1-18H3. The van der Waals surface area contributed by atoms with Gasteiger partial charge in [0, 0.05) is 0 Å². The number of hydrogen-bond donors (Lipinski definition) is 0. The van der Waals surface area contributed by atoms with E-state index in [-0.39, 0.29) is 21.7 Å². The van der Waals surface area contributed by atoms with E-state index < -0.39 is 0 Å². The minimum atomic E-state index is -0.0220. The number of aryl methyl sites for hydroxylation is 6. The zero-order valence-electron chi connectivity index (χ0n) is 53.0. The predicted molar refractivity (Wildman–Crippen MR) is 371 cm³/mol. The first-order valence-corrected chi connectivity index (χ1v) is 30.8. The zero-order chi connectivity index (χ0) is 59.2. The van der Waals surface area contributed by atoms with E-state index in [1.807, 2.05) is 0 Å². The zero-order valence-corrected chi connectivity index (χ0v) is 53.0. The van der Waals surface area contributed by atoms with Gasteiger partial charge in [0.2, 0.25) is 0 Å². The van der Waals surface area contributed by atoms with Crippen LogP contribution in [0, 0.1) is 41.5 Å². The Balaban J connectivity index is 1.14. The average molecular weight is 1090 g/mol. The van der Waals surface area contributed by atoms with Crippen molar-refractivity contribution in [3.63, 3.8) is 0 Å². The van der Waals surface area contributed by atoms with Crippen LogP contribution in [-0.4, -0.2) is 0 Å². The summed E-state index contributed by atoms with van der Waals surface area (Å²) in [6.45, 7) is 41.8. The molecular formula is C84H80. The summed E-state index contributed by atoms with van der Waals surface area (Å²) in [7, 11) is 0. The highest BCUT2D eigenvalue weighted by atomic mass is 14.3. The Morgan fingerprint density at radius 3 is 0.845 bits per heavy atom. The van der Waals surface area contributed by atoms with E-state index in [1.165, 1.54) is 197 Å². The topological polar surface area (TPSA) is 0 Å². The van der Waals surface area contributed by atoms with E-state index in [2.05, 4.69) is 282 Å². The Kier molecular flexibility index (Phi) is 11.7. The molecule has 0 heterocycles. The van der Waals surface area contributed by atoms with E-state index in [4.69, 9.17) is 0 Å². The molecule has 0 atom stereocenters. The minimum Gasteiger partial charge on any atom is -0.0579 e. The van der Waals surface area contributed by atoms with E-state index in [9.17, 15) is 0 Å². The summed E-state index contributed by atoms with van der Waals surface area (Å²) in [4.78, 5) is 0. The molecule has 14 aromatic rings. The molecule has 0 saturated heterocycles. The fraction of sp³-hybridized carbons (Fsp3) is 0.262. The van der Waals surface area contributed by atoms with Gasteiger partial charge in [0.05, 0.1) is 0 Å². The van der Waals surface area contributed by atoms with Crippen molar-refractivity contribution in [1.29, 1.82) is 0 Å². The highest BCUT2D eigenvalue weighted by Gasteiger charge is 2.27. The lowest BCUT2D eigenvalue weighted by molar-refractivity contribution is 0.589. The number of fused-ring (bicyclic) bond motifs is 11. The molecule has 14 rings (SSSR count). The van der Waals surface area contributed by atoms with Crippen molar-refractivity contribution in [3.05, 3.63) is 213 Å². The lowest BCUT2D eigenvalue weighted by Gasteiger charge is -2.24. The van der Waals surface area contributed by atoms with Crippen LogP contribution in [-0.2, 0) is 21.7 Å². The summed E-state index contributed by atoms with van der Waals surface area (Å²) < 4.78 is 0. The van der Waals surface area contributed by atoms with Crippen molar-refractivity contribution < 1.29 is 0 Å². The SMILES string of the molecule is Cc1cc(C)c(-c2cc3c4ccc(-c5cc(C(C)(C)C)cc6ccc(C(C)(C)C)cc56)cc4c4cc5c(cc6c7cc(-c8cc(C(C)(C)C)cc9ccc(C(C)(C)C)cc89)ccc7c7cc(-c8c(C)cc(C)cc8C)cc5c76)c(c2)c34)c(C)c1. The summed E-state index contributed by atoms with van der Waals surface area (Å²) in [5, 5.41) is 23.7. The molecule has 0 heteroatoms. The fourth-order valence-electron chi connectivity index (χ4n) is 15.1. The molecule has 0 bridgehead atoms. The Labute approximate surface area is 498 Å². The summed E-state index contributed by atoms with van der Waals surface area (Å²) in [6.07, 6.45) is 0. The third-order valence-corrected chi connectivity index (χ3v) is 19.4. The predicted octanol–water partition coefficient (Wildman–Crippen LogP) is 24.6. The monoisotopic (exact) mass is 1090 g/mol. The summed E-state index contributed by atoms with van der Waals surface area (Å²) in [6, 6.07) is 63.9. The minimum absolute atomic E-state index is 0.0179. The van der Waals surface area contributed by atoms with Crippen LogP contribution in [0.2, 0.25) is 0 Å². The second-order valence-corrected chi connectivity index (χ2v) is 29.8. The van der Waals surface area contributed by atoms with Gasteiger partial charge in [-0.25, -0.2) is 0 Å². The third-order valence-electron chi connectivity index (χ3n) is 19.4. The molecule has 0 aliphatic carbocycles. The van der Waals surface area contributed by atoms with Crippen LogP contribution in [0.4, 0.5) is 0 Å². The second kappa shape index (κ2) is 18.2. The van der Waals surface area contributed by atoms with Crippen molar-refractivity contribution in [2.24, 2.45) is 0 Å². The number of benzene rings is 12. The maximum Gasteiger partial charge on any atom is -0.00195 e. The first-order valence-electron chi connectivity index (χ1n) is 30.8. The molecule has 0 saturated carbocycles. The number of rotatable bonds is 4. The number of hydrogen-bond acceptors (Lipinski definition) is 0. The Hall–Kier alpha value is -8.06. The van der Waals surface area contributed by atoms with Crippen LogP contribution >= 0.6 is 0 Å². The molecule has 14 aromatic carbocycles. The average Bonchev–Trinajstić information content (AvgIpc) is 1.65. The van der Waals surface area contributed by atoms with E-state index in [1.54, 1.807) is 0 Å². The van der Waals surface area contributed by atoms with E-state index in [0.717, 1.165) is 0 Å². The van der Waals surface area contributed by atoms with Crippen LogP contribution in [0.25, 0.3) is 141 Å². The molecule has 0 aliphatic heterocycles. The molecule has 0 aromatic heterocycles. The highest BCUT2D eigenvalue weighted by Crippen LogP contribution is 2.52. The molecule has 0 spiro atoms. The van der Waals surface area contributed by atoms with E-state index >= 15 is 0 Å². The smallest absolute Gasteiger partial charge is 0.00195 e. The highest BCUT2D eigenvalue weighted by molar-refractivity contribution is 6.42. The van der Waals surface area contributed by atoms with Crippen molar-refractivity contribution in [2.75, 3.05) is 0 Å². The van der Waals surface area contributed by atoms with Gasteiger partial charge in [-0.3, -0.25) is 0 Å². The molecule has 0 fully saturated rings. The summed E-state index contributed by atoms with van der Waals surface area (Å²) in [5.41, 5.74) is 23.6. The van der Waals surface area contributed by atoms with Crippen LogP contribution in [0.5, 0.6) is 0 Å². The first-order chi connectivity index (χ1) is 39.6. The van der Waals surface area contributed by atoms with Crippen molar-refractivity contribution in [1.82, 2.24) is 0 Å². The van der Waals surface area contributed by atoms with Crippen LogP contribution in [0.3, 0.4) is 0 Å².